The molecule has 3 nitrogen and oxygen atoms in total. The van der Waals surface area contributed by atoms with Crippen molar-refractivity contribution in [1.29, 1.82) is 0 Å². The first kappa shape index (κ1) is 11.0. The zero-order valence-corrected chi connectivity index (χ0v) is 11.1. The number of benzene rings is 1. The van der Waals surface area contributed by atoms with Gasteiger partial charge in [-0.3, -0.25) is 0 Å². The first-order valence-electron chi connectivity index (χ1n) is 5.85. The molecule has 1 aromatic carbocycles. The largest absolute Gasteiger partial charge is 0.354 e. The van der Waals surface area contributed by atoms with Crippen LogP contribution in [-0.2, 0) is 0 Å². The Kier molecular flexibility index (Phi) is 2.99. The van der Waals surface area contributed by atoms with Crippen LogP contribution in [-0.4, -0.2) is 31.2 Å². The third kappa shape index (κ3) is 2.03. The molecule has 88 valence electrons. The van der Waals surface area contributed by atoms with E-state index in [0.29, 0.717) is 0 Å². The monoisotopic (exact) mass is 291 g/mol. The molecule has 0 radical (unpaired) electrons. The second kappa shape index (κ2) is 4.63. The summed E-state index contributed by atoms with van der Waals surface area (Å²) in [5.41, 5.74) is 0. The van der Waals surface area contributed by atoms with Crippen LogP contribution in [0.5, 0.6) is 0 Å². The fourth-order valence-electron chi connectivity index (χ4n) is 2.28. The Bertz CT molecular complexity index is 535. The number of rotatable bonds is 1. The Balaban J connectivity index is 2.12. The number of nitrogens with one attached hydrogen (secondary N) is 1. The van der Waals surface area contributed by atoms with Gasteiger partial charge in [0.15, 0.2) is 0 Å². The molecule has 1 fully saturated rings. The standard InChI is InChI=1S/C13H14BrN3/c14-12-3-1-2-11-10(12)4-5-16-13(11)17-8-6-15-7-9-17/h1-5,15H,6-9H2. The molecule has 0 unspecified atom stereocenters. The van der Waals surface area contributed by atoms with Crippen LogP contribution < -0.4 is 10.2 Å². The number of fused-ring (bicyclic) bond motifs is 1. The highest BCUT2D eigenvalue weighted by molar-refractivity contribution is 9.10. The minimum Gasteiger partial charge on any atom is -0.354 e. The molecular weight excluding hydrogens is 278 g/mol. The van der Waals surface area contributed by atoms with E-state index in [1.807, 2.05) is 6.20 Å². The highest BCUT2D eigenvalue weighted by Crippen LogP contribution is 2.29. The summed E-state index contributed by atoms with van der Waals surface area (Å²) in [7, 11) is 0. The van der Waals surface area contributed by atoms with Crippen molar-refractivity contribution in [2.24, 2.45) is 0 Å². The minimum absolute atomic E-state index is 1.03. The van der Waals surface area contributed by atoms with Gasteiger partial charge in [-0.1, -0.05) is 28.1 Å². The van der Waals surface area contributed by atoms with Crippen LogP contribution in [0.1, 0.15) is 0 Å². The van der Waals surface area contributed by atoms with Crippen LogP contribution in [0, 0.1) is 0 Å². The zero-order chi connectivity index (χ0) is 11.7. The van der Waals surface area contributed by atoms with Crippen molar-refractivity contribution in [3.63, 3.8) is 0 Å². The van der Waals surface area contributed by atoms with Gasteiger partial charge in [-0.05, 0) is 12.1 Å². The van der Waals surface area contributed by atoms with Crippen LogP contribution in [0.4, 0.5) is 5.82 Å². The number of aromatic nitrogens is 1. The van der Waals surface area contributed by atoms with E-state index in [9.17, 15) is 0 Å². The lowest BCUT2D eigenvalue weighted by molar-refractivity contribution is 0.586. The Morgan fingerprint density at radius 2 is 1.94 bits per heavy atom. The summed E-state index contributed by atoms with van der Waals surface area (Å²) in [5, 5.41) is 5.82. The van der Waals surface area contributed by atoms with E-state index in [1.165, 1.54) is 10.8 Å². The van der Waals surface area contributed by atoms with E-state index < -0.39 is 0 Å². The van der Waals surface area contributed by atoms with Gasteiger partial charge in [0.05, 0.1) is 0 Å². The number of hydrogen-bond donors (Lipinski definition) is 1. The summed E-state index contributed by atoms with van der Waals surface area (Å²) in [6, 6.07) is 8.35. The molecule has 1 saturated heterocycles. The summed E-state index contributed by atoms with van der Waals surface area (Å²) >= 11 is 3.60. The van der Waals surface area contributed by atoms with Gasteiger partial charge in [0, 0.05) is 47.6 Å². The summed E-state index contributed by atoms with van der Waals surface area (Å²) in [5.74, 6) is 1.10. The Morgan fingerprint density at radius 3 is 2.76 bits per heavy atom. The molecule has 1 N–H and O–H groups in total. The molecule has 0 saturated carbocycles. The number of piperazine rings is 1. The Morgan fingerprint density at radius 1 is 1.12 bits per heavy atom. The van der Waals surface area contributed by atoms with E-state index in [4.69, 9.17) is 0 Å². The quantitative estimate of drug-likeness (QED) is 0.875. The fraction of sp³-hybridized carbons (Fsp3) is 0.308. The van der Waals surface area contributed by atoms with Crippen molar-refractivity contribution in [2.75, 3.05) is 31.1 Å². The van der Waals surface area contributed by atoms with E-state index >= 15 is 0 Å². The minimum atomic E-state index is 1.03. The van der Waals surface area contributed by atoms with Crippen LogP contribution in [0.25, 0.3) is 10.8 Å². The first-order valence-corrected chi connectivity index (χ1v) is 6.64. The zero-order valence-electron chi connectivity index (χ0n) is 9.49. The predicted octanol–water partition coefficient (Wildman–Crippen LogP) is 2.41. The smallest absolute Gasteiger partial charge is 0.136 e. The van der Waals surface area contributed by atoms with E-state index in [1.54, 1.807) is 0 Å². The molecule has 0 spiro atoms. The van der Waals surface area contributed by atoms with Crippen molar-refractivity contribution in [3.8, 4) is 0 Å². The molecule has 1 aromatic heterocycles. The van der Waals surface area contributed by atoms with E-state index in [0.717, 1.165) is 36.5 Å². The van der Waals surface area contributed by atoms with Crippen LogP contribution in [0.2, 0.25) is 0 Å². The Hall–Kier alpha value is -1.13. The molecule has 2 heterocycles. The van der Waals surface area contributed by atoms with Crippen molar-refractivity contribution in [2.45, 2.75) is 0 Å². The number of halogens is 1. The van der Waals surface area contributed by atoms with Gasteiger partial charge in [-0.15, -0.1) is 0 Å². The molecule has 1 aliphatic rings. The third-order valence-electron chi connectivity index (χ3n) is 3.15. The second-order valence-electron chi connectivity index (χ2n) is 4.21. The third-order valence-corrected chi connectivity index (χ3v) is 3.84. The van der Waals surface area contributed by atoms with E-state index in [2.05, 4.69) is 55.4 Å². The van der Waals surface area contributed by atoms with Gasteiger partial charge in [-0.2, -0.15) is 0 Å². The normalized spacial score (nSPS) is 16.4. The molecule has 4 heteroatoms. The van der Waals surface area contributed by atoms with Crippen molar-refractivity contribution >= 4 is 32.5 Å². The van der Waals surface area contributed by atoms with Gasteiger partial charge < -0.3 is 10.2 Å². The molecule has 1 aliphatic heterocycles. The molecule has 0 bridgehead atoms. The van der Waals surface area contributed by atoms with Crippen LogP contribution >= 0.6 is 15.9 Å². The lowest BCUT2D eigenvalue weighted by atomic mass is 10.1. The lowest BCUT2D eigenvalue weighted by Crippen LogP contribution is -2.43. The van der Waals surface area contributed by atoms with Gasteiger partial charge >= 0.3 is 0 Å². The van der Waals surface area contributed by atoms with Crippen molar-refractivity contribution in [1.82, 2.24) is 10.3 Å². The molecule has 0 atom stereocenters. The predicted molar refractivity (Wildman–Crippen MR) is 74.5 cm³/mol. The summed E-state index contributed by atoms with van der Waals surface area (Å²) < 4.78 is 1.13. The second-order valence-corrected chi connectivity index (χ2v) is 5.06. The number of anilines is 1. The topological polar surface area (TPSA) is 28.2 Å². The first-order chi connectivity index (χ1) is 8.36. The maximum atomic E-state index is 4.55. The number of pyridine rings is 1. The van der Waals surface area contributed by atoms with Gasteiger partial charge in [0.2, 0.25) is 0 Å². The summed E-state index contributed by atoms with van der Waals surface area (Å²) in [6.07, 6.45) is 1.89. The molecule has 3 rings (SSSR count). The molecule has 2 aromatic rings. The SMILES string of the molecule is Brc1cccc2c(N3CCNCC3)nccc12. The van der Waals surface area contributed by atoms with Crippen molar-refractivity contribution < 1.29 is 0 Å². The Labute approximate surface area is 109 Å². The van der Waals surface area contributed by atoms with Crippen molar-refractivity contribution in [3.05, 3.63) is 34.9 Å². The van der Waals surface area contributed by atoms with Crippen LogP contribution in [0.15, 0.2) is 34.9 Å². The van der Waals surface area contributed by atoms with Gasteiger partial charge in [0.1, 0.15) is 5.82 Å². The molecule has 0 amide bonds. The summed E-state index contributed by atoms with van der Waals surface area (Å²) in [4.78, 5) is 6.90. The number of hydrogen-bond acceptors (Lipinski definition) is 3. The lowest BCUT2D eigenvalue weighted by Gasteiger charge is -2.29. The van der Waals surface area contributed by atoms with Crippen LogP contribution in [0.3, 0.4) is 0 Å². The average Bonchev–Trinajstić information content (AvgIpc) is 2.40. The molecule has 17 heavy (non-hydrogen) atoms. The summed E-state index contributed by atoms with van der Waals surface area (Å²) in [6.45, 7) is 4.12. The maximum absolute atomic E-state index is 4.55. The fourth-order valence-corrected chi connectivity index (χ4v) is 2.78. The highest BCUT2D eigenvalue weighted by atomic mass is 79.9. The number of nitrogens with zero attached hydrogens (tertiary/aromatic N) is 2. The highest BCUT2D eigenvalue weighted by Gasteiger charge is 2.14. The molecular formula is C13H14BrN3. The maximum Gasteiger partial charge on any atom is 0.136 e. The molecule has 0 aliphatic carbocycles. The van der Waals surface area contributed by atoms with E-state index in [-0.39, 0.29) is 0 Å². The average molecular weight is 292 g/mol. The van der Waals surface area contributed by atoms with Gasteiger partial charge in [0.25, 0.3) is 0 Å². The van der Waals surface area contributed by atoms with Gasteiger partial charge in [-0.25, -0.2) is 4.98 Å².